The lowest BCUT2D eigenvalue weighted by Crippen LogP contribution is -2.47. The molecule has 0 aliphatic carbocycles. The van der Waals surface area contributed by atoms with E-state index in [1.54, 1.807) is 7.11 Å². The Balaban J connectivity index is 2.40. The minimum absolute atomic E-state index is 0.110. The molecule has 1 fully saturated rings. The molecule has 2 N–H and O–H groups in total. The van der Waals surface area contributed by atoms with E-state index in [4.69, 9.17) is 4.74 Å². The maximum atomic E-state index is 12.0. The molecule has 6 nitrogen and oxygen atoms in total. The van der Waals surface area contributed by atoms with Crippen molar-refractivity contribution in [2.24, 2.45) is 5.92 Å². The smallest absolute Gasteiger partial charge is 0.279 e. The Morgan fingerprint density at radius 3 is 2.50 bits per heavy atom. The quantitative estimate of drug-likeness (QED) is 0.676. The summed E-state index contributed by atoms with van der Waals surface area (Å²) in [7, 11) is 0.155. The molecule has 0 amide bonds. The number of hydrogen-bond acceptors (Lipinski definition) is 4. The van der Waals surface area contributed by atoms with Gasteiger partial charge in [0, 0.05) is 26.7 Å². The standard InChI is InChI=1S/C11H25N3O3S/c1-10(17-3)8-13-18(15,16)14-6-4-11(5-7-14)9-12-2/h10-13H,4-9H2,1-3H3. The SMILES string of the molecule is CNCC1CCN(S(=O)(=O)NCC(C)OC)CC1. The highest BCUT2D eigenvalue weighted by molar-refractivity contribution is 7.87. The third kappa shape index (κ3) is 4.81. The zero-order valence-electron chi connectivity index (χ0n) is 11.5. The van der Waals surface area contributed by atoms with Crippen molar-refractivity contribution in [1.82, 2.24) is 14.3 Å². The molecule has 0 saturated carbocycles. The average molecular weight is 279 g/mol. The molecule has 0 bridgehead atoms. The molecule has 1 atom stereocenters. The van der Waals surface area contributed by atoms with E-state index in [1.807, 2.05) is 14.0 Å². The predicted molar refractivity (Wildman–Crippen MR) is 71.6 cm³/mol. The van der Waals surface area contributed by atoms with Gasteiger partial charge in [-0.1, -0.05) is 0 Å². The van der Waals surface area contributed by atoms with E-state index in [1.165, 1.54) is 4.31 Å². The van der Waals surface area contributed by atoms with Crippen LogP contribution in [0.3, 0.4) is 0 Å². The second-order valence-electron chi connectivity index (χ2n) is 4.80. The molecule has 1 heterocycles. The normalized spacial score (nSPS) is 21.1. The molecule has 0 aromatic rings. The molecule has 1 aliphatic rings. The Morgan fingerprint density at radius 2 is 2.00 bits per heavy atom. The van der Waals surface area contributed by atoms with Gasteiger partial charge in [0.05, 0.1) is 6.10 Å². The molecular formula is C11H25N3O3S. The van der Waals surface area contributed by atoms with Crippen LogP contribution in [0, 0.1) is 5.92 Å². The van der Waals surface area contributed by atoms with Crippen molar-refractivity contribution in [3.05, 3.63) is 0 Å². The largest absolute Gasteiger partial charge is 0.380 e. The van der Waals surface area contributed by atoms with Crippen molar-refractivity contribution in [3.63, 3.8) is 0 Å². The van der Waals surface area contributed by atoms with Gasteiger partial charge in [-0.2, -0.15) is 17.4 Å². The van der Waals surface area contributed by atoms with Gasteiger partial charge >= 0.3 is 0 Å². The van der Waals surface area contributed by atoms with Gasteiger partial charge in [0.1, 0.15) is 0 Å². The second-order valence-corrected chi connectivity index (χ2v) is 6.56. The summed E-state index contributed by atoms with van der Waals surface area (Å²) in [5.74, 6) is 0.583. The summed E-state index contributed by atoms with van der Waals surface area (Å²) in [6.07, 6.45) is 1.73. The van der Waals surface area contributed by atoms with Crippen LogP contribution in [-0.4, -0.2) is 59.2 Å². The number of hydrogen-bond donors (Lipinski definition) is 2. The fourth-order valence-electron chi connectivity index (χ4n) is 2.04. The Morgan fingerprint density at radius 1 is 1.39 bits per heavy atom. The zero-order chi connectivity index (χ0) is 13.6. The highest BCUT2D eigenvalue weighted by Crippen LogP contribution is 2.18. The van der Waals surface area contributed by atoms with Crippen LogP contribution in [0.25, 0.3) is 0 Å². The van der Waals surface area contributed by atoms with Crippen LogP contribution in [0.5, 0.6) is 0 Å². The van der Waals surface area contributed by atoms with Crippen LogP contribution in [0.2, 0.25) is 0 Å². The lowest BCUT2D eigenvalue weighted by Gasteiger charge is -2.31. The lowest BCUT2D eigenvalue weighted by molar-refractivity contribution is 0.121. The van der Waals surface area contributed by atoms with Gasteiger partial charge in [0.25, 0.3) is 10.2 Å². The van der Waals surface area contributed by atoms with Crippen LogP contribution in [0.4, 0.5) is 0 Å². The summed E-state index contributed by atoms with van der Waals surface area (Å²) in [6, 6.07) is 0. The highest BCUT2D eigenvalue weighted by Gasteiger charge is 2.27. The third-order valence-corrected chi connectivity index (χ3v) is 4.94. The van der Waals surface area contributed by atoms with E-state index in [0.29, 0.717) is 25.6 Å². The molecule has 1 rings (SSSR count). The van der Waals surface area contributed by atoms with Crippen molar-refractivity contribution in [2.45, 2.75) is 25.9 Å². The molecule has 7 heteroatoms. The van der Waals surface area contributed by atoms with E-state index in [9.17, 15) is 8.42 Å². The summed E-state index contributed by atoms with van der Waals surface area (Å²) < 4.78 is 33.2. The van der Waals surface area contributed by atoms with Crippen LogP contribution in [0.15, 0.2) is 0 Å². The van der Waals surface area contributed by atoms with E-state index in [-0.39, 0.29) is 6.10 Å². The number of ether oxygens (including phenoxy) is 1. The first-order valence-corrected chi connectivity index (χ1v) is 7.85. The molecule has 0 aromatic carbocycles. The van der Waals surface area contributed by atoms with Crippen LogP contribution < -0.4 is 10.0 Å². The van der Waals surface area contributed by atoms with Crippen LogP contribution in [-0.2, 0) is 14.9 Å². The summed E-state index contributed by atoms with van der Waals surface area (Å²) in [5, 5.41) is 3.14. The summed E-state index contributed by atoms with van der Waals surface area (Å²) in [6.45, 7) is 4.31. The van der Waals surface area contributed by atoms with E-state index in [2.05, 4.69) is 10.0 Å². The van der Waals surface area contributed by atoms with Crippen molar-refractivity contribution in [3.8, 4) is 0 Å². The monoisotopic (exact) mass is 279 g/mol. The fraction of sp³-hybridized carbons (Fsp3) is 1.00. The molecular weight excluding hydrogens is 254 g/mol. The van der Waals surface area contributed by atoms with Crippen molar-refractivity contribution < 1.29 is 13.2 Å². The number of nitrogens with one attached hydrogen (secondary N) is 2. The minimum atomic E-state index is -3.34. The summed E-state index contributed by atoms with van der Waals surface area (Å²) >= 11 is 0. The van der Waals surface area contributed by atoms with Gasteiger partial charge < -0.3 is 10.1 Å². The Kier molecular flexibility index (Phi) is 6.51. The van der Waals surface area contributed by atoms with Gasteiger partial charge in [-0.05, 0) is 39.3 Å². The van der Waals surface area contributed by atoms with E-state index >= 15 is 0 Å². The minimum Gasteiger partial charge on any atom is -0.380 e. The molecule has 108 valence electrons. The van der Waals surface area contributed by atoms with Crippen LogP contribution in [0.1, 0.15) is 19.8 Å². The van der Waals surface area contributed by atoms with Crippen molar-refractivity contribution in [2.75, 3.05) is 40.3 Å². The molecule has 1 saturated heterocycles. The first-order valence-electron chi connectivity index (χ1n) is 6.41. The van der Waals surface area contributed by atoms with E-state index < -0.39 is 10.2 Å². The van der Waals surface area contributed by atoms with Gasteiger partial charge in [0.2, 0.25) is 0 Å². The summed E-state index contributed by atoms with van der Waals surface area (Å²) in [5.41, 5.74) is 0. The Bertz CT molecular complexity index is 326. The average Bonchev–Trinajstić information content (AvgIpc) is 2.37. The van der Waals surface area contributed by atoms with Gasteiger partial charge in [-0.15, -0.1) is 0 Å². The number of methoxy groups -OCH3 is 1. The Hall–Kier alpha value is -0.210. The first kappa shape index (κ1) is 15.8. The van der Waals surface area contributed by atoms with E-state index in [0.717, 1.165) is 19.4 Å². The maximum Gasteiger partial charge on any atom is 0.279 e. The number of piperidine rings is 1. The molecule has 0 radical (unpaired) electrons. The molecule has 0 aromatic heterocycles. The van der Waals surface area contributed by atoms with Gasteiger partial charge in [0.15, 0.2) is 0 Å². The zero-order valence-corrected chi connectivity index (χ0v) is 12.3. The predicted octanol–water partition coefficient (Wildman–Crippen LogP) is -0.213. The molecule has 1 unspecified atom stereocenters. The first-order chi connectivity index (χ1) is 8.49. The fourth-order valence-corrected chi connectivity index (χ4v) is 3.36. The van der Waals surface area contributed by atoms with Gasteiger partial charge in [-0.3, -0.25) is 0 Å². The maximum absolute atomic E-state index is 12.0. The van der Waals surface area contributed by atoms with Crippen LogP contribution >= 0.6 is 0 Å². The third-order valence-electron chi connectivity index (χ3n) is 3.36. The Labute approximate surface area is 110 Å². The highest BCUT2D eigenvalue weighted by atomic mass is 32.2. The number of nitrogens with zero attached hydrogens (tertiary/aromatic N) is 1. The molecule has 1 aliphatic heterocycles. The van der Waals surface area contributed by atoms with Crippen molar-refractivity contribution in [1.29, 1.82) is 0 Å². The molecule has 0 spiro atoms. The topological polar surface area (TPSA) is 70.7 Å². The lowest BCUT2D eigenvalue weighted by atomic mass is 9.98. The second kappa shape index (κ2) is 7.40. The van der Waals surface area contributed by atoms with Gasteiger partial charge in [-0.25, -0.2) is 0 Å². The summed E-state index contributed by atoms with van der Waals surface area (Å²) in [4.78, 5) is 0. The molecule has 18 heavy (non-hydrogen) atoms. The number of rotatable bonds is 7. The van der Waals surface area contributed by atoms with Crippen molar-refractivity contribution >= 4 is 10.2 Å².